The highest BCUT2D eigenvalue weighted by molar-refractivity contribution is 9.10. The molecule has 0 bridgehead atoms. The van der Waals surface area contributed by atoms with Crippen molar-refractivity contribution >= 4 is 15.9 Å². The summed E-state index contributed by atoms with van der Waals surface area (Å²) in [6, 6.07) is 8.04. The van der Waals surface area contributed by atoms with Crippen LogP contribution in [-0.2, 0) is 5.60 Å². The van der Waals surface area contributed by atoms with Gasteiger partial charge in [0.1, 0.15) is 5.60 Å². The largest absolute Gasteiger partial charge is 0.384 e. The van der Waals surface area contributed by atoms with Crippen molar-refractivity contribution in [1.82, 2.24) is 4.90 Å². The molecule has 1 aromatic carbocycles. The van der Waals surface area contributed by atoms with Gasteiger partial charge in [-0.3, -0.25) is 0 Å². The zero-order valence-corrected chi connectivity index (χ0v) is 11.4. The molecule has 1 fully saturated rings. The van der Waals surface area contributed by atoms with Gasteiger partial charge in [0.05, 0.1) is 0 Å². The Balaban J connectivity index is 2.27. The zero-order chi connectivity index (χ0) is 11.8. The molecule has 0 spiro atoms. The summed E-state index contributed by atoms with van der Waals surface area (Å²) >= 11 is 3.42. The van der Waals surface area contributed by atoms with Gasteiger partial charge in [0, 0.05) is 11.0 Å². The van der Waals surface area contributed by atoms with Crippen LogP contribution in [0.3, 0.4) is 0 Å². The lowest BCUT2D eigenvalue weighted by Crippen LogP contribution is -2.39. The summed E-state index contributed by atoms with van der Waals surface area (Å²) in [4.78, 5) is 2.06. The van der Waals surface area contributed by atoms with E-state index in [1.165, 1.54) is 0 Å². The predicted octanol–water partition coefficient (Wildman–Crippen LogP) is 2.61. The Bertz CT molecular complexity index is 359. The summed E-state index contributed by atoms with van der Waals surface area (Å²) in [7, 11) is 4.01. The van der Waals surface area contributed by atoms with Crippen LogP contribution < -0.4 is 0 Å². The van der Waals surface area contributed by atoms with Crippen LogP contribution in [-0.4, -0.2) is 30.6 Å². The molecule has 0 radical (unpaired) electrons. The van der Waals surface area contributed by atoms with Gasteiger partial charge in [-0.1, -0.05) is 28.1 Å². The first-order valence-corrected chi connectivity index (χ1v) is 6.45. The molecular formula is C13H18BrNO. The van der Waals surface area contributed by atoms with E-state index in [4.69, 9.17) is 0 Å². The molecule has 2 rings (SSSR count). The Hall–Kier alpha value is -0.380. The van der Waals surface area contributed by atoms with E-state index in [1.807, 2.05) is 38.4 Å². The Morgan fingerprint density at radius 2 is 1.88 bits per heavy atom. The second-order valence-electron chi connectivity index (χ2n) is 4.94. The standard InChI is InChI=1S/C13H18BrNO/c1-15(2)9-13(16,10-3-4-10)11-5-7-12(14)8-6-11/h5-8,10,16H,3-4,9H2,1-2H3. The number of rotatable bonds is 4. The van der Waals surface area contributed by atoms with Gasteiger partial charge < -0.3 is 10.0 Å². The molecule has 88 valence electrons. The number of nitrogens with zero attached hydrogens (tertiary/aromatic N) is 1. The van der Waals surface area contributed by atoms with Crippen LogP contribution in [0.5, 0.6) is 0 Å². The predicted molar refractivity (Wildman–Crippen MR) is 69.3 cm³/mol. The topological polar surface area (TPSA) is 23.5 Å². The molecule has 0 aromatic heterocycles. The highest BCUT2D eigenvalue weighted by Gasteiger charge is 2.45. The van der Waals surface area contributed by atoms with E-state index in [-0.39, 0.29) is 0 Å². The molecule has 0 amide bonds. The molecule has 1 unspecified atom stereocenters. The van der Waals surface area contributed by atoms with E-state index < -0.39 is 5.60 Å². The van der Waals surface area contributed by atoms with Crippen molar-refractivity contribution in [2.45, 2.75) is 18.4 Å². The highest BCUT2D eigenvalue weighted by Crippen LogP contribution is 2.46. The van der Waals surface area contributed by atoms with E-state index in [0.717, 1.165) is 22.9 Å². The van der Waals surface area contributed by atoms with E-state index >= 15 is 0 Å². The third kappa shape index (κ3) is 2.47. The van der Waals surface area contributed by atoms with Crippen LogP contribution in [0, 0.1) is 5.92 Å². The average Bonchev–Trinajstić information content (AvgIpc) is 3.00. The Morgan fingerprint density at radius 1 is 1.31 bits per heavy atom. The van der Waals surface area contributed by atoms with Crippen molar-refractivity contribution in [3.8, 4) is 0 Å². The molecule has 1 aliphatic rings. The minimum Gasteiger partial charge on any atom is -0.384 e. The zero-order valence-electron chi connectivity index (χ0n) is 9.78. The number of halogens is 1. The van der Waals surface area contributed by atoms with Crippen LogP contribution in [0.4, 0.5) is 0 Å². The third-order valence-electron chi connectivity index (χ3n) is 3.15. The average molecular weight is 284 g/mol. The first-order chi connectivity index (χ1) is 7.52. The molecule has 0 heterocycles. The second kappa shape index (κ2) is 4.47. The minimum absolute atomic E-state index is 0.427. The molecule has 3 heteroatoms. The summed E-state index contributed by atoms with van der Waals surface area (Å²) in [5.41, 5.74) is 0.358. The maximum atomic E-state index is 10.8. The summed E-state index contributed by atoms with van der Waals surface area (Å²) in [6.45, 7) is 0.694. The first-order valence-electron chi connectivity index (χ1n) is 5.65. The van der Waals surface area contributed by atoms with Gasteiger partial charge in [-0.2, -0.15) is 0 Å². The smallest absolute Gasteiger partial charge is 0.105 e. The molecule has 16 heavy (non-hydrogen) atoms. The van der Waals surface area contributed by atoms with Gasteiger partial charge in [0.2, 0.25) is 0 Å². The maximum absolute atomic E-state index is 10.8. The Morgan fingerprint density at radius 3 is 2.31 bits per heavy atom. The number of aliphatic hydroxyl groups is 1. The molecule has 2 nitrogen and oxygen atoms in total. The summed E-state index contributed by atoms with van der Waals surface area (Å²) in [5, 5.41) is 10.8. The molecule has 0 saturated heterocycles. The summed E-state index contributed by atoms with van der Waals surface area (Å²) in [5.74, 6) is 0.427. The SMILES string of the molecule is CN(C)CC(O)(c1ccc(Br)cc1)C1CC1. The number of benzene rings is 1. The van der Waals surface area contributed by atoms with Crippen molar-refractivity contribution in [1.29, 1.82) is 0 Å². The Labute approximate surface area is 105 Å². The molecule has 1 saturated carbocycles. The highest BCUT2D eigenvalue weighted by atomic mass is 79.9. The fourth-order valence-electron chi connectivity index (χ4n) is 2.24. The van der Waals surface area contributed by atoms with Gasteiger partial charge in [0.15, 0.2) is 0 Å². The normalized spacial score (nSPS) is 19.8. The summed E-state index contributed by atoms with van der Waals surface area (Å²) in [6.07, 6.45) is 2.28. The van der Waals surface area contributed by atoms with Crippen LogP contribution in [0.1, 0.15) is 18.4 Å². The number of hydrogen-bond acceptors (Lipinski definition) is 2. The quantitative estimate of drug-likeness (QED) is 0.918. The molecule has 1 N–H and O–H groups in total. The van der Waals surface area contributed by atoms with E-state index in [0.29, 0.717) is 12.5 Å². The van der Waals surface area contributed by atoms with Gasteiger partial charge in [-0.05, 0) is 50.6 Å². The lowest BCUT2D eigenvalue weighted by Gasteiger charge is -2.31. The van der Waals surface area contributed by atoms with E-state index in [2.05, 4.69) is 20.8 Å². The molecular weight excluding hydrogens is 266 g/mol. The van der Waals surface area contributed by atoms with Gasteiger partial charge in [-0.25, -0.2) is 0 Å². The van der Waals surface area contributed by atoms with Crippen molar-refractivity contribution in [2.24, 2.45) is 5.92 Å². The van der Waals surface area contributed by atoms with E-state index in [1.54, 1.807) is 0 Å². The minimum atomic E-state index is -0.676. The fraction of sp³-hybridized carbons (Fsp3) is 0.538. The first kappa shape index (κ1) is 12.1. The Kier molecular flexibility index (Phi) is 3.38. The van der Waals surface area contributed by atoms with Crippen LogP contribution in [0.25, 0.3) is 0 Å². The maximum Gasteiger partial charge on any atom is 0.105 e. The molecule has 0 aliphatic heterocycles. The van der Waals surface area contributed by atoms with Crippen molar-refractivity contribution < 1.29 is 5.11 Å². The van der Waals surface area contributed by atoms with Crippen LogP contribution in [0.2, 0.25) is 0 Å². The van der Waals surface area contributed by atoms with Gasteiger partial charge in [0.25, 0.3) is 0 Å². The number of hydrogen-bond donors (Lipinski definition) is 1. The molecule has 1 aliphatic carbocycles. The van der Waals surface area contributed by atoms with Crippen LogP contribution in [0.15, 0.2) is 28.7 Å². The van der Waals surface area contributed by atoms with Crippen LogP contribution >= 0.6 is 15.9 Å². The third-order valence-corrected chi connectivity index (χ3v) is 3.68. The van der Waals surface area contributed by atoms with Crippen molar-refractivity contribution in [2.75, 3.05) is 20.6 Å². The molecule has 1 atom stereocenters. The second-order valence-corrected chi connectivity index (χ2v) is 5.86. The van der Waals surface area contributed by atoms with Crippen molar-refractivity contribution in [3.05, 3.63) is 34.3 Å². The summed E-state index contributed by atoms with van der Waals surface area (Å²) < 4.78 is 1.05. The lowest BCUT2D eigenvalue weighted by molar-refractivity contribution is -0.00996. The van der Waals surface area contributed by atoms with Crippen molar-refractivity contribution in [3.63, 3.8) is 0 Å². The molecule has 1 aromatic rings. The lowest BCUT2D eigenvalue weighted by atomic mass is 9.88. The van der Waals surface area contributed by atoms with E-state index in [9.17, 15) is 5.11 Å². The monoisotopic (exact) mass is 283 g/mol. The van der Waals surface area contributed by atoms with Gasteiger partial charge in [-0.15, -0.1) is 0 Å². The number of likely N-dealkylation sites (N-methyl/N-ethyl adjacent to an activating group) is 1. The van der Waals surface area contributed by atoms with Gasteiger partial charge >= 0.3 is 0 Å². The fourth-order valence-corrected chi connectivity index (χ4v) is 2.50.